The second kappa shape index (κ2) is 4.37. The molecule has 0 saturated carbocycles. The van der Waals surface area contributed by atoms with Crippen LogP contribution in [0.3, 0.4) is 0 Å². The maximum absolute atomic E-state index is 11.8. The predicted molar refractivity (Wildman–Crippen MR) is 58.0 cm³/mol. The molecule has 2 aromatic heterocycles. The van der Waals surface area contributed by atoms with Crippen LogP contribution in [0.1, 0.15) is 0 Å². The molecular weight excluding hydrogens is 246 g/mol. The van der Waals surface area contributed by atoms with Crippen molar-refractivity contribution in [3.8, 4) is 6.01 Å². The van der Waals surface area contributed by atoms with Crippen molar-refractivity contribution in [3.05, 3.63) is 24.5 Å². The quantitative estimate of drug-likeness (QED) is 0.796. The molecule has 2 rings (SSSR count). The van der Waals surface area contributed by atoms with Gasteiger partial charge in [0.25, 0.3) is 10.0 Å². The molecule has 0 fully saturated rings. The number of pyridine rings is 1. The summed E-state index contributed by atoms with van der Waals surface area (Å²) in [5.74, 6) is -0.0225. The molecule has 0 aliphatic rings. The molecule has 8 nitrogen and oxygen atoms in total. The third-order valence-electron chi connectivity index (χ3n) is 1.82. The molecule has 0 aliphatic heterocycles. The van der Waals surface area contributed by atoms with Crippen LogP contribution < -0.4 is 9.46 Å². The van der Waals surface area contributed by atoms with Gasteiger partial charge in [0.05, 0.1) is 7.11 Å². The summed E-state index contributed by atoms with van der Waals surface area (Å²) in [5, 5.41) is 6.00. The Labute approximate surface area is 97.1 Å². The molecule has 0 unspecified atom stereocenters. The highest BCUT2D eigenvalue weighted by molar-refractivity contribution is 7.92. The fourth-order valence-electron chi connectivity index (χ4n) is 1.08. The van der Waals surface area contributed by atoms with Crippen LogP contribution in [0.2, 0.25) is 0 Å². The lowest BCUT2D eigenvalue weighted by Gasteiger charge is -2.03. The fourth-order valence-corrected chi connectivity index (χ4v) is 2.00. The van der Waals surface area contributed by atoms with Crippen molar-refractivity contribution >= 4 is 16.0 Å². The van der Waals surface area contributed by atoms with E-state index in [1.54, 1.807) is 0 Å². The average molecular weight is 255 g/mol. The average Bonchev–Trinajstić information content (AvgIpc) is 2.77. The van der Waals surface area contributed by atoms with Gasteiger partial charge in [-0.1, -0.05) is 0 Å². The van der Waals surface area contributed by atoms with Crippen molar-refractivity contribution in [1.29, 1.82) is 0 Å². The highest BCUT2D eigenvalue weighted by Crippen LogP contribution is 2.12. The van der Waals surface area contributed by atoms with Crippen LogP contribution in [0.4, 0.5) is 5.95 Å². The van der Waals surface area contributed by atoms with Crippen LogP contribution in [0.5, 0.6) is 6.01 Å². The summed E-state index contributed by atoms with van der Waals surface area (Å²) in [6, 6.07) is 2.99. The van der Waals surface area contributed by atoms with Gasteiger partial charge in [0.2, 0.25) is 5.95 Å². The van der Waals surface area contributed by atoms with Gasteiger partial charge in [0.15, 0.2) is 0 Å². The maximum Gasteiger partial charge on any atom is 0.336 e. The Morgan fingerprint density at radius 2 is 2.29 bits per heavy atom. The van der Waals surface area contributed by atoms with Crippen molar-refractivity contribution in [2.24, 2.45) is 0 Å². The molecule has 2 aromatic rings. The number of sulfonamides is 1. The summed E-state index contributed by atoms with van der Waals surface area (Å²) in [4.78, 5) is 7.50. The first kappa shape index (κ1) is 11.3. The number of hydrogen-bond acceptors (Lipinski definition) is 6. The summed E-state index contributed by atoms with van der Waals surface area (Å²) in [5.41, 5.74) is 0. The molecule has 0 amide bonds. The normalized spacial score (nSPS) is 11.1. The number of H-pyrrole nitrogens is 1. The number of methoxy groups -OCH3 is 1. The molecule has 17 heavy (non-hydrogen) atoms. The Morgan fingerprint density at radius 1 is 1.47 bits per heavy atom. The third kappa shape index (κ3) is 2.50. The summed E-state index contributed by atoms with van der Waals surface area (Å²) in [6.07, 6.45) is 2.71. The third-order valence-corrected chi connectivity index (χ3v) is 3.15. The predicted octanol–water partition coefficient (Wildman–Crippen LogP) is 0.00910. The number of hydrogen-bond donors (Lipinski definition) is 2. The van der Waals surface area contributed by atoms with E-state index in [0.717, 1.165) is 0 Å². The molecule has 2 heterocycles. The second-order valence-corrected chi connectivity index (χ2v) is 4.65. The van der Waals surface area contributed by atoms with Crippen molar-refractivity contribution < 1.29 is 13.2 Å². The zero-order valence-corrected chi connectivity index (χ0v) is 9.60. The van der Waals surface area contributed by atoms with E-state index in [4.69, 9.17) is 4.74 Å². The van der Waals surface area contributed by atoms with E-state index >= 15 is 0 Å². The van der Waals surface area contributed by atoms with E-state index in [1.165, 1.54) is 31.6 Å². The van der Waals surface area contributed by atoms with E-state index in [1.807, 2.05) is 0 Å². The van der Waals surface area contributed by atoms with Crippen molar-refractivity contribution in [2.45, 2.75) is 4.90 Å². The first-order chi connectivity index (χ1) is 8.12. The van der Waals surface area contributed by atoms with Crippen molar-refractivity contribution in [1.82, 2.24) is 20.2 Å². The van der Waals surface area contributed by atoms with Gasteiger partial charge in [-0.2, -0.15) is 4.98 Å². The lowest BCUT2D eigenvalue weighted by molar-refractivity contribution is 0.382. The molecule has 0 radical (unpaired) electrons. The van der Waals surface area contributed by atoms with Crippen LogP contribution in [0.15, 0.2) is 29.4 Å². The second-order valence-electron chi connectivity index (χ2n) is 2.96. The summed E-state index contributed by atoms with van der Waals surface area (Å²) in [6.45, 7) is 0. The van der Waals surface area contributed by atoms with E-state index in [0.29, 0.717) is 0 Å². The van der Waals surface area contributed by atoms with Gasteiger partial charge in [0, 0.05) is 12.4 Å². The standard InChI is InChI=1S/C8H9N5O3S/c1-16-8-10-7(11-12-8)13-17(14,15)6-3-2-4-9-5-6/h2-5H,1H3,(H2,10,11,12,13). The zero-order valence-electron chi connectivity index (χ0n) is 8.78. The highest BCUT2D eigenvalue weighted by atomic mass is 32.2. The summed E-state index contributed by atoms with van der Waals surface area (Å²) < 4.78 is 30.6. The number of nitrogens with zero attached hydrogens (tertiary/aromatic N) is 3. The van der Waals surface area contributed by atoms with Crippen molar-refractivity contribution in [2.75, 3.05) is 11.8 Å². The zero-order chi connectivity index (χ0) is 12.3. The van der Waals surface area contributed by atoms with Crippen LogP contribution >= 0.6 is 0 Å². The van der Waals surface area contributed by atoms with E-state index in [-0.39, 0.29) is 16.9 Å². The first-order valence-corrected chi connectivity index (χ1v) is 5.99. The number of nitrogens with one attached hydrogen (secondary N) is 2. The molecule has 0 atom stereocenters. The largest absolute Gasteiger partial charge is 0.466 e. The Kier molecular flexibility index (Phi) is 2.91. The van der Waals surface area contributed by atoms with Crippen LogP contribution in [0, 0.1) is 0 Å². The maximum atomic E-state index is 11.8. The van der Waals surface area contributed by atoms with Gasteiger partial charge in [-0.25, -0.2) is 18.2 Å². The Balaban J connectivity index is 2.24. The first-order valence-electron chi connectivity index (χ1n) is 4.51. The van der Waals surface area contributed by atoms with Gasteiger partial charge in [-0.15, -0.1) is 5.10 Å². The SMILES string of the molecule is COc1n[nH]c(NS(=O)(=O)c2cccnc2)n1. The minimum Gasteiger partial charge on any atom is -0.466 e. The topological polar surface area (TPSA) is 110 Å². The van der Waals surface area contributed by atoms with Crippen LogP contribution in [-0.2, 0) is 10.0 Å². The Bertz CT molecular complexity index is 595. The van der Waals surface area contributed by atoms with Gasteiger partial charge < -0.3 is 4.74 Å². The van der Waals surface area contributed by atoms with E-state index < -0.39 is 10.0 Å². The number of rotatable bonds is 4. The molecule has 0 aliphatic carbocycles. The number of ether oxygens (including phenoxy) is 1. The Morgan fingerprint density at radius 3 is 2.88 bits per heavy atom. The minimum absolute atomic E-state index is 0.0225. The fraction of sp³-hybridized carbons (Fsp3) is 0.125. The Hall–Kier alpha value is -2.16. The monoisotopic (exact) mass is 255 g/mol. The molecule has 0 spiro atoms. The summed E-state index contributed by atoms with van der Waals surface area (Å²) >= 11 is 0. The molecule has 0 aromatic carbocycles. The number of aromatic nitrogens is 4. The van der Waals surface area contributed by atoms with Gasteiger partial charge in [-0.3, -0.25) is 4.98 Å². The summed E-state index contributed by atoms with van der Waals surface area (Å²) in [7, 11) is -2.33. The number of aromatic amines is 1. The molecular formula is C8H9N5O3S. The van der Waals surface area contributed by atoms with Gasteiger partial charge >= 0.3 is 6.01 Å². The minimum atomic E-state index is -3.71. The lowest BCUT2D eigenvalue weighted by atomic mass is 10.5. The van der Waals surface area contributed by atoms with E-state index in [2.05, 4.69) is 24.9 Å². The molecule has 0 bridgehead atoms. The van der Waals surface area contributed by atoms with Crippen molar-refractivity contribution in [3.63, 3.8) is 0 Å². The van der Waals surface area contributed by atoms with Gasteiger partial charge in [0.1, 0.15) is 4.90 Å². The molecule has 0 saturated heterocycles. The molecule has 9 heteroatoms. The molecule has 90 valence electrons. The van der Waals surface area contributed by atoms with Crippen LogP contribution in [-0.4, -0.2) is 35.7 Å². The van der Waals surface area contributed by atoms with Crippen LogP contribution in [0.25, 0.3) is 0 Å². The number of anilines is 1. The van der Waals surface area contributed by atoms with Gasteiger partial charge in [-0.05, 0) is 12.1 Å². The smallest absolute Gasteiger partial charge is 0.336 e. The molecule has 2 N–H and O–H groups in total. The van der Waals surface area contributed by atoms with E-state index in [9.17, 15) is 8.42 Å². The highest BCUT2D eigenvalue weighted by Gasteiger charge is 2.16. The lowest BCUT2D eigenvalue weighted by Crippen LogP contribution is -2.14.